The van der Waals surface area contributed by atoms with E-state index in [1.165, 1.54) is 17.8 Å². The van der Waals surface area contributed by atoms with Crippen molar-refractivity contribution < 1.29 is 22.0 Å². The summed E-state index contributed by atoms with van der Waals surface area (Å²) in [6.45, 7) is 4.66. The van der Waals surface area contributed by atoms with Crippen LogP contribution in [0.5, 0.6) is 0 Å². The molecule has 2 aliphatic rings. The molecule has 3 aromatic heterocycles. The monoisotopic (exact) mass is 468 g/mol. The third kappa shape index (κ3) is 3.82. The average Bonchev–Trinajstić information content (AvgIpc) is 3.28. The van der Waals surface area contributed by atoms with Crippen molar-refractivity contribution in [2.75, 3.05) is 36.0 Å². The van der Waals surface area contributed by atoms with Crippen molar-refractivity contribution in [3.8, 4) is 0 Å². The molecule has 5 rings (SSSR count). The summed E-state index contributed by atoms with van der Waals surface area (Å²) in [4.78, 5) is 20.1. The van der Waals surface area contributed by atoms with Gasteiger partial charge in [-0.1, -0.05) is 0 Å². The quantitative estimate of drug-likeness (QED) is 0.545. The van der Waals surface area contributed by atoms with E-state index in [1.54, 1.807) is 18.0 Å². The van der Waals surface area contributed by atoms with Crippen molar-refractivity contribution in [1.29, 1.82) is 0 Å². The molecule has 0 N–H and O–H groups in total. The van der Waals surface area contributed by atoms with Crippen LogP contribution in [0.1, 0.15) is 23.6 Å². The molecule has 0 atom stereocenters. The molecule has 176 valence electrons. The van der Waals surface area contributed by atoms with Crippen LogP contribution in [-0.4, -0.2) is 62.3 Å². The third-order valence-corrected chi connectivity index (χ3v) is 6.22. The van der Waals surface area contributed by atoms with Crippen molar-refractivity contribution in [1.82, 2.24) is 29.7 Å². The molecular weight excluding hydrogens is 447 g/mol. The number of rotatable bonds is 4. The maximum absolute atomic E-state index is 13.4. The minimum absolute atomic E-state index is 0.00948. The van der Waals surface area contributed by atoms with Gasteiger partial charge in [0.15, 0.2) is 11.3 Å². The van der Waals surface area contributed by atoms with E-state index in [2.05, 4.69) is 25.0 Å². The molecule has 0 unspecified atom stereocenters. The fourth-order valence-electron chi connectivity index (χ4n) is 4.72. The van der Waals surface area contributed by atoms with Crippen molar-refractivity contribution in [3.63, 3.8) is 0 Å². The van der Waals surface area contributed by atoms with E-state index in [-0.39, 0.29) is 16.9 Å². The zero-order valence-corrected chi connectivity index (χ0v) is 17.9. The van der Waals surface area contributed by atoms with Crippen LogP contribution >= 0.6 is 0 Å². The van der Waals surface area contributed by atoms with Gasteiger partial charge < -0.3 is 9.80 Å². The number of aryl methyl sites for hydroxylation is 2. The van der Waals surface area contributed by atoms with Gasteiger partial charge in [-0.15, -0.1) is 0 Å². The number of hydrogen-bond donors (Lipinski definition) is 0. The minimum Gasteiger partial charge on any atom is -0.367 e. The highest BCUT2D eigenvalue weighted by Crippen LogP contribution is 2.45. The topological polar surface area (TPSA) is 75.9 Å². The van der Waals surface area contributed by atoms with E-state index < -0.39 is 24.8 Å². The van der Waals surface area contributed by atoms with Gasteiger partial charge in [-0.2, -0.15) is 18.3 Å². The molecule has 0 aliphatic carbocycles. The molecule has 2 saturated heterocycles. The molecule has 0 radical (unpaired) electrons. The Kier molecular flexibility index (Phi) is 4.90. The van der Waals surface area contributed by atoms with Crippen molar-refractivity contribution in [3.05, 3.63) is 29.6 Å². The Hall–Kier alpha value is -3.12. The van der Waals surface area contributed by atoms with Gasteiger partial charge in [0, 0.05) is 31.6 Å². The standard InChI is InChI=1S/C20H21F5N8/c1-11-16-18(33(30-11)7-14(21)22)29-15(6-27-16)31-4-3-19(8-31)9-32(10-19)13-5-26-12(2)28-17(13)20(23,24)25/h5-6,14H,3-4,7-10H2,1-2H3. The first-order chi connectivity index (χ1) is 15.5. The number of halogens is 5. The molecular formula is C20H21F5N8. The highest BCUT2D eigenvalue weighted by atomic mass is 19.4. The van der Waals surface area contributed by atoms with Crippen LogP contribution in [-0.2, 0) is 12.7 Å². The zero-order valence-electron chi connectivity index (χ0n) is 17.9. The Morgan fingerprint density at radius 1 is 1.03 bits per heavy atom. The minimum atomic E-state index is -4.56. The van der Waals surface area contributed by atoms with E-state index in [1.807, 2.05) is 4.90 Å². The predicted octanol–water partition coefficient (Wildman–Crippen LogP) is 3.23. The third-order valence-electron chi connectivity index (χ3n) is 6.22. The first-order valence-corrected chi connectivity index (χ1v) is 10.4. The van der Waals surface area contributed by atoms with E-state index >= 15 is 0 Å². The summed E-state index contributed by atoms with van der Waals surface area (Å²) in [5, 5.41) is 4.11. The van der Waals surface area contributed by atoms with E-state index in [0.717, 1.165) is 6.42 Å². The Balaban J connectivity index is 1.34. The fraction of sp³-hybridized carbons (Fsp3) is 0.550. The van der Waals surface area contributed by atoms with Gasteiger partial charge in [-0.3, -0.25) is 0 Å². The van der Waals surface area contributed by atoms with Crippen LogP contribution in [0.3, 0.4) is 0 Å². The smallest absolute Gasteiger partial charge is 0.367 e. The second-order valence-corrected chi connectivity index (χ2v) is 8.74. The Morgan fingerprint density at radius 3 is 2.45 bits per heavy atom. The second kappa shape index (κ2) is 7.45. The Bertz CT molecular complexity index is 1200. The SMILES string of the molecule is Cc1ncc(N2CC3(CCN(c4cnc5c(C)nn(CC(F)F)c5n4)C3)C2)c(C(F)(F)F)n1. The summed E-state index contributed by atoms with van der Waals surface area (Å²) >= 11 is 0. The van der Waals surface area contributed by atoms with Crippen molar-refractivity contribution >= 4 is 22.7 Å². The molecule has 3 aromatic rings. The predicted molar refractivity (Wildman–Crippen MR) is 109 cm³/mol. The lowest BCUT2D eigenvalue weighted by atomic mass is 9.78. The molecule has 33 heavy (non-hydrogen) atoms. The van der Waals surface area contributed by atoms with Crippen molar-refractivity contribution in [2.45, 2.75) is 39.4 Å². The summed E-state index contributed by atoms with van der Waals surface area (Å²) in [7, 11) is 0. The van der Waals surface area contributed by atoms with Crippen LogP contribution in [0, 0.1) is 19.3 Å². The lowest BCUT2D eigenvalue weighted by Gasteiger charge is -2.49. The molecule has 5 heterocycles. The largest absolute Gasteiger partial charge is 0.435 e. The molecule has 0 saturated carbocycles. The Morgan fingerprint density at radius 2 is 1.76 bits per heavy atom. The normalized spacial score (nSPS) is 18.1. The van der Waals surface area contributed by atoms with Gasteiger partial charge >= 0.3 is 6.18 Å². The van der Waals surface area contributed by atoms with Gasteiger partial charge in [-0.05, 0) is 20.3 Å². The van der Waals surface area contributed by atoms with Crippen molar-refractivity contribution in [2.24, 2.45) is 5.41 Å². The molecule has 0 amide bonds. The zero-order chi connectivity index (χ0) is 23.5. The summed E-state index contributed by atoms with van der Waals surface area (Å²) in [5.74, 6) is 0.617. The number of hydrogen-bond acceptors (Lipinski definition) is 7. The van der Waals surface area contributed by atoms with Gasteiger partial charge in [0.2, 0.25) is 0 Å². The lowest BCUT2D eigenvalue weighted by molar-refractivity contribution is -0.141. The molecule has 0 aromatic carbocycles. The maximum atomic E-state index is 13.4. The first-order valence-electron chi connectivity index (χ1n) is 10.4. The Labute approximate surface area is 185 Å². The second-order valence-electron chi connectivity index (χ2n) is 8.74. The summed E-state index contributed by atoms with van der Waals surface area (Å²) in [5.41, 5.74) is 0.181. The number of anilines is 2. The van der Waals surface area contributed by atoms with Crippen LogP contribution in [0.15, 0.2) is 12.4 Å². The molecule has 2 fully saturated rings. The maximum Gasteiger partial charge on any atom is 0.435 e. The summed E-state index contributed by atoms with van der Waals surface area (Å²) < 4.78 is 67.3. The molecule has 0 bridgehead atoms. The van der Waals surface area contributed by atoms with Crippen LogP contribution < -0.4 is 9.80 Å². The summed E-state index contributed by atoms with van der Waals surface area (Å²) in [6, 6.07) is 0. The fourth-order valence-corrected chi connectivity index (χ4v) is 4.72. The number of fused-ring (bicyclic) bond motifs is 1. The van der Waals surface area contributed by atoms with E-state index in [0.29, 0.717) is 48.9 Å². The van der Waals surface area contributed by atoms with E-state index in [9.17, 15) is 22.0 Å². The first kappa shape index (κ1) is 21.7. The highest BCUT2D eigenvalue weighted by Gasteiger charge is 2.50. The summed E-state index contributed by atoms with van der Waals surface area (Å²) in [6.07, 6.45) is -3.53. The molecule has 8 nitrogen and oxygen atoms in total. The van der Waals surface area contributed by atoms with Gasteiger partial charge in [0.1, 0.15) is 23.7 Å². The molecule has 2 aliphatic heterocycles. The average molecular weight is 468 g/mol. The van der Waals surface area contributed by atoms with Crippen LogP contribution in [0.2, 0.25) is 0 Å². The van der Waals surface area contributed by atoms with Gasteiger partial charge in [0.25, 0.3) is 6.43 Å². The number of nitrogens with zero attached hydrogens (tertiary/aromatic N) is 8. The van der Waals surface area contributed by atoms with Gasteiger partial charge in [0.05, 0.1) is 23.8 Å². The molecule has 13 heteroatoms. The molecule has 1 spiro atoms. The highest BCUT2D eigenvalue weighted by molar-refractivity contribution is 5.75. The van der Waals surface area contributed by atoms with Gasteiger partial charge in [-0.25, -0.2) is 33.4 Å². The number of alkyl halides is 5. The van der Waals surface area contributed by atoms with E-state index in [4.69, 9.17) is 0 Å². The lowest BCUT2D eigenvalue weighted by Crippen LogP contribution is -2.58. The van der Waals surface area contributed by atoms with Crippen LogP contribution in [0.25, 0.3) is 11.2 Å². The number of aromatic nitrogens is 6. The van der Waals surface area contributed by atoms with Crippen LogP contribution in [0.4, 0.5) is 33.5 Å².